The molecule has 0 bridgehead atoms. The van der Waals surface area contributed by atoms with Crippen LogP contribution >= 0.6 is 23.2 Å². The van der Waals surface area contributed by atoms with E-state index in [1.54, 1.807) is 0 Å². The molecular formula is C26H31Cl2N3O2. The normalized spacial score (nSPS) is 20.0. The molecule has 2 aliphatic carbocycles. The van der Waals surface area contributed by atoms with Crippen molar-refractivity contribution in [2.45, 2.75) is 70.9 Å². The van der Waals surface area contributed by atoms with Gasteiger partial charge in [-0.2, -0.15) is 5.10 Å². The third-order valence-electron chi connectivity index (χ3n) is 6.98. The van der Waals surface area contributed by atoms with Crippen molar-refractivity contribution >= 4 is 35.4 Å². The molecule has 0 N–H and O–H groups in total. The fourth-order valence-electron chi connectivity index (χ4n) is 5.12. The molecule has 33 heavy (non-hydrogen) atoms. The van der Waals surface area contributed by atoms with Crippen molar-refractivity contribution in [2.24, 2.45) is 5.41 Å². The second-order valence-electron chi connectivity index (χ2n) is 10.8. The van der Waals surface area contributed by atoms with Crippen molar-refractivity contribution in [3.05, 3.63) is 45.7 Å². The molecule has 0 radical (unpaired) electrons. The quantitative estimate of drug-likeness (QED) is 0.453. The second kappa shape index (κ2) is 8.35. The Balaban J connectivity index is 1.32. The summed E-state index contributed by atoms with van der Waals surface area (Å²) in [6.45, 7) is 7.27. The molecule has 0 atom stereocenters. The Hall–Kier alpha value is -1.98. The zero-order chi connectivity index (χ0) is 23.4. The lowest BCUT2D eigenvalue weighted by Crippen LogP contribution is -2.47. The molecule has 2 aromatic rings. The number of ether oxygens (including phenoxy) is 1. The van der Waals surface area contributed by atoms with Gasteiger partial charge in [0.15, 0.2) is 0 Å². The van der Waals surface area contributed by atoms with E-state index in [2.05, 4.69) is 10.8 Å². The second-order valence-corrected chi connectivity index (χ2v) is 11.7. The number of hydrogen-bond acceptors (Lipinski definition) is 3. The molecule has 1 saturated heterocycles. The van der Waals surface area contributed by atoms with Crippen LogP contribution in [0.15, 0.2) is 30.0 Å². The third-order valence-corrected chi connectivity index (χ3v) is 7.61. The average Bonchev–Trinajstić information content (AvgIpc) is 3.48. The van der Waals surface area contributed by atoms with Crippen LogP contribution in [0.3, 0.4) is 0 Å². The van der Waals surface area contributed by atoms with Crippen LogP contribution in [0, 0.1) is 5.41 Å². The number of carbonyl (C=O) groups excluding carboxylic acids is 1. The first-order chi connectivity index (χ1) is 15.6. The molecule has 1 aromatic heterocycles. The minimum Gasteiger partial charge on any atom is -0.444 e. The van der Waals surface area contributed by atoms with Gasteiger partial charge in [0.25, 0.3) is 0 Å². The van der Waals surface area contributed by atoms with Gasteiger partial charge < -0.3 is 9.64 Å². The Kier molecular flexibility index (Phi) is 5.77. The largest absolute Gasteiger partial charge is 0.444 e. The zero-order valence-corrected chi connectivity index (χ0v) is 21.0. The predicted molar refractivity (Wildman–Crippen MR) is 133 cm³/mol. The van der Waals surface area contributed by atoms with Gasteiger partial charge in [-0.05, 0) is 82.9 Å². The number of nitrogens with zero attached hydrogens (tertiary/aromatic N) is 3. The molecule has 0 unspecified atom stereocenters. The van der Waals surface area contributed by atoms with Gasteiger partial charge in [-0.1, -0.05) is 34.8 Å². The summed E-state index contributed by atoms with van der Waals surface area (Å²) >= 11 is 13.1. The molecule has 1 aliphatic heterocycles. The van der Waals surface area contributed by atoms with E-state index in [0.29, 0.717) is 21.5 Å². The summed E-state index contributed by atoms with van der Waals surface area (Å²) in [5.74, 6) is 0. The first kappa shape index (κ1) is 22.8. The lowest BCUT2D eigenvalue weighted by Gasteiger charge is -2.49. The van der Waals surface area contributed by atoms with Crippen LogP contribution < -0.4 is 0 Å². The Bertz CT molecular complexity index is 1070. The Labute approximate surface area is 205 Å². The standard InChI is InChI=1S/C26H31Cl2N3O2/c1-25(2,3)33-24(32)30-11-9-26(10-12-30)14-17(15-26)13-22-19(16-29-31(22)18-7-8-18)23-20(27)5-4-6-21(23)28/h4-6,13,16,18H,7-12,14-15H2,1-3H3. The number of halogens is 2. The molecule has 5 nitrogen and oxygen atoms in total. The van der Waals surface area contributed by atoms with Crippen molar-refractivity contribution in [3.63, 3.8) is 0 Å². The van der Waals surface area contributed by atoms with Crippen LogP contribution in [-0.4, -0.2) is 39.5 Å². The van der Waals surface area contributed by atoms with Gasteiger partial charge in [0.1, 0.15) is 5.60 Å². The summed E-state index contributed by atoms with van der Waals surface area (Å²) in [6.07, 6.45) is 10.5. The van der Waals surface area contributed by atoms with Gasteiger partial charge in [0.05, 0.1) is 28.0 Å². The zero-order valence-electron chi connectivity index (χ0n) is 19.5. The van der Waals surface area contributed by atoms with E-state index in [-0.39, 0.29) is 6.09 Å². The average molecular weight is 488 g/mol. The molecular weight excluding hydrogens is 457 g/mol. The molecule has 2 heterocycles. The number of aromatic nitrogens is 2. The molecule has 3 aliphatic rings. The van der Waals surface area contributed by atoms with Crippen molar-refractivity contribution < 1.29 is 9.53 Å². The van der Waals surface area contributed by atoms with Gasteiger partial charge >= 0.3 is 6.09 Å². The summed E-state index contributed by atoms with van der Waals surface area (Å²) in [5.41, 5.74) is 4.27. The van der Waals surface area contributed by atoms with E-state index in [0.717, 1.165) is 68.4 Å². The van der Waals surface area contributed by atoms with Crippen molar-refractivity contribution in [1.29, 1.82) is 0 Å². The number of amides is 1. The lowest BCUT2D eigenvalue weighted by atomic mass is 9.60. The highest BCUT2D eigenvalue weighted by Gasteiger charge is 2.44. The van der Waals surface area contributed by atoms with Crippen LogP contribution in [0.1, 0.15) is 71.0 Å². The summed E-state index contributed by atoms with van der Waals surface area (Å²) in [6, 6.07) is 6.10. The molecule has 2 saturated carbocycles. The van der Waals surface area contributed by atoms with E-state index in [1.807, 2.05) is 50.1 Å². The number of carbonyl (C=O) groups is 1. The predicted octanol–water partition coefficient (Wildman–Crippen LogP) is 7.39. The van der Waals surface area contributed by atoms with E-state index in [9.17, 15) is 4.79 Å². The fourth-order valence-corrected chi connectivity index (χ4v) is 5.73. The molecule has 7 heteroatoms. The first-order valence-corrected chi connectivity index (χ1v) is 12.6. The highest BCUT2D eigenvalue weighted by atomic mass is 35.5. The van der Waals surface area contributed by atoms with Crippen molar-refractivity contribution in [3.8, 4) is 11.1 Å². The molecule has 1 aromatic carbocycles. The summed E-state index contributed by atoms with van der Waals surface area (Å²) in [4.78, 5) is 14.3. The van der Waals surface area contributed by atoms with Crippen molar-refractivity contribution in [2.75, 3.05) is 13.1 Å². The highest BCUT2D eigenvalue weighted by Crippen LogP contribution is 2.53. The Morgan fingerprint density at radius 3 is 2.36 bits per heavy atom. The third kappa shape index (κ3) is 4.67. The maximum Gasteiger partial charge on any atom is 0.410 e. The first-order valence-electron chi connectivity index (χ1n) is 11.8. The Morgan fingerprint density at radius 1 is 1.15 bits per heavy atom. The maximum absolute atomic E-state index is 12.4. The lowest BCUT2D eigenvalue weighted by molar-refractivity contribution is 0.00448. The number of hydrogen-bond donors (Lipinski definition) is 0. The van der Waals surface area contributed by atoms with E-state index >= 15 is 0 Å². The van der Waals surface area contributed by atoms with E-state index in [1.165, 1.54) is 5.57 Å². The van der Waals surface area contributed by atoms with E-state index in [4.69, 9.17) is 33.0 Å². The molecule has 1 spiro atoms. The van der Waals surface area contributed by atoms with Gasteiger partial charge in [0.2, 0.25) is 0 Å². The number of benzene rings is 1. The summed E-state index contributed by atoms with van der Waals surface area (Å²) in [7, 11) is 0. The summed E-state index contributed by atoms with van der Waals surface area (Å²) < 4.78 is 7.70. The molecule has 5 rings (SSSR count). The Morgan fingerprint density at radius 2 is 1.79 bits per heavy atom. The van der Waals surface area contributed by atoms with Gasteiger partial charge in [-0.25, -0.2) is 4.79 Å². The molecule has 1 amide bonds. The van der Waals surface area contributed by atoms with Crippen LogP contribution in [0.5, 0.6) is 0 Å². The maximum atomic E-state index is 12.4. The van der Waals surface area contributed by atoms with E-state index < -0.39 is 5.60 Å². The molecule has 176 valence electrons. The van der Waals surface area contributed by atoms with Crippen LogP contribution in [-0.2, 0) is 4.74 Å². The van der Waals surface area contributed by atoms with Gasteiger partial charge in [0, 0.05) is 24.2 Å². The fraction of sp³-hybridized carbons (Fsp3) is 0.538. The van der Waals surface area contributed by atoms with Crippen molar-refractivity contribution in [1.82, 2.24) is 14.7 Å². The minimum absolute atomic E-state index is 0.193. The number of rotatable bonds is 3. The molecule has 3 fully saturated rings. The smallest absolute Gasteiger partial charge is 0.410 e. The minimum atomic E-state index is -0.453. The SMILES string of the molecule is CC(C)(C)OC(=O)N1CCC2(CC1)CC(=Cc1c(-c3c(Cl)cccc3Cl)cnn1C1CC1)C2. The van der Waals surface area contributed by atoms with Gasteiger partial charge in [-0.15, -0.1) is 0 Å². The number of allylic oxidation sites excluding steroid dienone is 1. The number of piperidine rings is 1. The summed E-state index contributed by atoms with van der Waals surface area (Å²) in [5, 5.41) is 6.01. The van der Waals surface area contributed by atoms with Crippen LogP contribution in [0.25, 0.3) is 17.2 Å². The van der Waals surface area contributed by atoms with Crippen LogP contribution in [0.2, 0.25) is 10.0 Å². The number of likely N-dealkylation sites (tertiary alicyclic amines) is 1. The van der Waals surface area contributed by atoms with Gasteiger partial charge in [-0.3, -0.25) is 4.68 Å². The monoisotopic (exact) mass is 487 g/mol. The van der Waals surface area contributed by atoms with Crippen LogP contribution in [0.4, 0.5) is 4.79 Å². The highest BCUT2D eigenvalue weighted by molar-refractivity contribution is 6.39. The topological polar surface area (TPSA) is 47.4 Å².